The fourth-order valence-electron chi connectivity index (χ4n) is 2.70. The zero-order chi connectivity index (χ0) is 12.6. The summed E-state index contributed by atoms with van der Waals surface area (Å²) in [4.78, 5) is 24.6. The van der Waals surface area contributed by atoms with Crippen LogP contribution < -0.4 is 5.32 Å². The van der Waals surface area contributed by atoms with Gasteiger partial charge in [-0.25, -0.2) is 4.79 Å². The topological polar surface area (TPSA) is 89.9 Å². The van der Waals surface area contributed by atoms with Gasteiger partial charge < -0.3 is 20.4 Å². The number of carbonyl (C=O) groups is 2. The number of aliphatic hydroxyl groups excluding tert-OH is 1. The number of amides is 1. The quantitative estimate of drug-likeness (QED) is 0.580. The largest absolute Gasteiger partial charge is 0.480 e. The van der Waals surface area contributed by atoms with Gasteiger partial charge in [0.25, 0.3) is 0 Å². The number of hydrogen-bond acceptors (Lipinski definition) is 4. The van der Waals surface area contributed by atoms with Crippen LogP contribution in [0.2, 0.25) is 0 Å². The third-order valence-corrected chi connectivity index (χ3v) is 3.69. The molecule has 2 saturated heterocycles. The molecule has 0 radical (unpaired) electrons. The van der Waals surface area contributed by atoms with Crippen LogP contribution in [0.5, 0.6) is 0 Å². The Morgan fingerprint density at radius 3 is 2.65 bits per heavy atom. The van der Waals surface area contributed by atoms with Gasteiger partial charge in [0, 0.05) is 19.0 Å². The van der Waals surface area contributed by atoms with Crippen molar-refractivity contribution >= 4 is 11.9 Å². The van der Waals surface area contributed by atoms with Crippen molar-refractivity contribution in [2.24, 2.45) is 5.92 Å². The molecule has 17 heavy (non-hydrogen) atoms. The van der Waals surface area contributed by atoms with Gasteiger partial charge in [0.15, 0.2) is 0 Å². The normalized spacial score (nSPS) is 37.4. The standard InChI is InChI=1S/C11H18N2O4/c1-6-8(2-3-12-6)10(15)13-5-7(14)4-9(13)11(16)17/h6-9,12,14H,2-5H2,1H3,(H,16,17). The second-order valence-electron chi connectivity index (χ2n) is 4.87. The maximum atomic E-state index is 12.2. The summed E-state index contributed by atoms with van der Waals surface area (Å²) in [7, 11) is 0. The molecule has 96 valence electrons. The van der Waals surface area contributed by atoms with Crippen LogP contribution in [-0.2, 0) is 9.59 Å². The minimum atomic E-state index is -1.03. The van der Waals surface area contributed by atoms with E-state index in [1.165, 1.54) is 4.90 Å². The number of likely N-dealkylation sites (tertiary alicyclic amines) is 1. The molecule has 6 nitrogen and oxygen atoms in total. The maximum Gasteiger partial charge on any atom is 0.326 e. The average Bonchev–Trinajstić information content (AvgIpc) is 2.83. The zero-order valence-corrected chi connectivity index (χ0v) is 9.80. The molecular weight excluding hydrogens is 224 g/mol. The Morgan fingerprint density at radius 1 is 1.41 bits per heavy atom. The number of carboxylic acids is 1. The number of nitrogens with zero attached hydrogens (tertiary/aromatic N) is 1. The van der Waals surface area contributed by atoms with Gasteiger partial charge in [-0.1, -0.05) is 0 Å². The predicted molar refractivity (Wildman–Crippen MR) is 59.3 cm³/mol. The molecule has 2 aliphatic rings. The lowest BCUT2D eigenvalue weighted by atomic mass is 10.00. The molecule has 2 heterocycles. The van der Waals surface area contributed by atoms with Crippen molar-refractivity contribution in [1.82, 2.24) is 10.2 Å². The fraction of sp³-hybridized carbons (Fsp3) is 0.818. The van der Waals surface area contributed by atoms with Crippen LogP contribution >= 0.6 is 0 Å². The van der Waals surface area contributed by atoms with Gasteiger partial charge in [0.2, 0.25) is 5.91 Å². The van der Waals surface area contributed by atoms with E-state index in [0.717, 1.165) is 13.0 Å². The number of carboxylic acid groups (broad SMARTS) is 1. The predicted octanol–water partition coefficient (Wildman–Crippen LogP) is -0.969. The van der Waals surface area contributed by atoms with E-state index in [1.807, 2.05) is 6.92 Å². The van der Waals surface area contributed by atoms with E-state index >= 15 is 0 Å². The zero-order valence-electron chi connectivity index (χ0n) is 9.80. The Kier molecular flexibility index (Phi) is 3.35. The van der Waals surface area contributed by atoms with Crippen molar-refractivity contribution in [3.05, 3.63) is 0 Å². The number of nitrogens with one attached hydrogen (secondary N) is 1. The molecule has 0 aliphatic carbocycles. The van der Waals surface area contributed by atoms with Crippen molar-refractivity contribution in [2.45, 2.75) is 38.0 Å². The summed E-state index contributed by atoms with van der Waals surface area (Å²) < 4.78 is 0. The summed E-state index contributed by atoms with van der Waals surface area (Å²) in [5.74, 6) is -1.35. The van der Waals surface area contributed by atoms with E-state index in [-0.39, 0.29) is 30.8 Å². The highest BCUT2D eigenvalue weighted by Crippen LogP contribution is 2.25. The van der Waals surface area contributed by atoms with Gasteiger partial charge in [0.05, 0.1) is 12.0 Å². The Balaban J connectivity index is 2.10. The highest BCUT2D eigenvalue weighted by atomic mass is 16.4. The second-order valence-corrected chi connectivity index (χ2v) is 4.87. The van der Waals surface area contributed by atoms with Crippen LogP contribution in [0.3, 0.4) is 0 Å². The lowest BCUT2D eigenvalue weighted by Crippen LogP contribution is -2.45. The minimum Gasteiger partial charge on any atom is -0.480 e. The van der Waals surface area contributed by atoms with Gasteiger partial charge in [0.1, 0.15) is 6.04 Å². The summed E-state index contributed by atoms with van der Waals surface area (Å²) in [5, 5.41) is 21.7. The first kappa shape index (κ1) is 12.3. The first-order valence-corrected chi connectivity index (χ1v) is 5.95. The molecule has 2 rings (SSSR count). The molecule has 0 spiro atoms. The van der Waals surface area contributed by atoms with E-state index in [1.54, 1.807) is 0 Å². The number of aliphatic hydroxyl groups is 1. The van der Waals surface area contributed by atoms with Crippen LogP contribution in [0.25, 0.3) is 0 Å². The molecule has 0 bridgehead atoms. The average molecular weight is 242 g/mol. The molecule has 1 amide bonds. The Labute approximate surface area is 99.6 Å². The Bertz CT molecular complexity index is 333. The lowest BCUT2D eigenvalue weighted by molar-refractivity contribution is -0.150. The van der Waals surface area contributed by atoms with Gasteiger partial charge in [-0.15, -0.1) is 0 Å². The van der Waals surface area contributed by atoms with Crippen molar-refractivity contribution in [3.8, 4) is 0 Å². The molecule has 0 saturated carbocycles. The highest BCUT2D eigenvalue weighted by Gasteiger charge is 2.43. The number of β-amino-alcohol motifs (C(OH)–C–C–N with tert-alkyl or cyclic N) is 1. The third kappa shape index (κ3) is 2.28. The first-order valence-electron chi connectivity index (χ1n) is 5.95. The third-order valence-electron chi connectivity index (χ3n) is 3.69. The minimum absolute atomic E-state index is 0.0784. The van der Waals surface area contributed by atoms with Gasteiger partial charge in [-0.3, -0.25) is 4.79 Å². The van der Waals surface area contributed by atoms with Crippen LogP contribution in [-0.4, -0.2) is 58.3 Å². The van der Waals surface area contributed by atoms with Gasteiger partial charge in [-0.05, 0) is 19.9 Å². The molecule has 0 aromatic heterocycles. The van der Waals surface area contributed by atoms with E-state index in [0.29, 0.717) is 0 Å². The smallest absolute Gasteiger partial charge is 0.326 e. The molecule has 4 atom stereocenters. The molecule has 2 aliphatic heterocycles. The summed E-state index contributed by atoms with van der Waals surface area (Å²) in [6, 6.07) is -0.792. The van der Waals surface area contributed by atoms with E-state index in [4.69, 9.17) is 5.11 Å². The van der Waals surface area contributed by atoms with Crippen molar-refractivity contribution in [2.75, 3.05) is 13.1 Å². The molecule has 4 unspecified atom stereocenters. The van der Waals surface area contributed by atoms with E-state index < -0.39 is 18.1 Å². The number of aliphatic carboxylic acids is 1. The summed E-state index contributed by atoms with van der Waals surface area (Å²) in [6.07, 6.45) is 0.152. The molecule has 3 N–H and O–H groups in total. The summed E-state index contributed by atoms with van der Waals surface area (Å²) in [5.41, 5.74) is 0. The van der Waals surface area contributed by atoms with Gasteiger partial charge in [-0.2, -0.15) is 0 Å². The highest BCUT2D eigenvalue weighted by molar-refractivity contribution is 5.86. The number of carbonyl (C=O) groups excluding carboxylic acids is 1. The second kappa shape index (κ2) is 4.62. The Hall–Kier alpha value is -1.14. The van der Waals surface area contributed by atoms with E-state index in [9.17, 15) is 14.7 Å². The van der Waals surface area contributed by atoms with Crippen LogP contribution in [0.1, 0.15) is 19.8 Å². The lowest BCUT2D eigenvalue weighted by Gasteiger charge is -2.26. The molecule has 0 aromatic rings. The maximum absolute atomic E-state index is 12.2. The van der Waals surface area contributed by atoms with Crippen LogP contribution in [0, 0.1) is 5.92 Å². The van der Waals surface area contributed by atoms with Crippen LogP contribution in [0.4, 0.5) is 0 Å². The summed E-state index contributed by atoms with van der Waals surface area (Å²) in [6.45, 7) is 2.85. The molecule has 0 aromatic carbocycles. The van der Waals surface area contributed by atoms with Crippen molar-refractivity contribution in [1.29, 1.82) is 0 Å². The van der Waals surface area contributed by atoms with Gasteiger partial charge >= 0.3 is 5.97 Å². The van der Waals surface area contributed by atoms with Crippen molar-refractivity contribution < 1.29 is 19.8 Å². The molecule has 6 heteroatoms. The number of rotatable bonds is 2. The molecular formula is C11H18N2O4. The first-order chi connectivity index (χ1) is 8.00. The van der Waals surface area contributed by atoms with Crippen LogP contribution in [0.15, 0.2) is 0 Å². The van der Waals surface area contributed by atoms with Crippen molar-refractivity contribution in [3.63, 3.8) is 0 Å². The number of hydrogen-bond donors (Lipinski definition) is 3. The SMILES string of the molecule is CC1NCCC1C(=O)N1CC(O)CC1C(=O)O. The Morgan fingerprint density at radius 2 is 2.12 bits per heavy atom. The monoisotopic (exact) mass is 242 g/mol. The molecule has 2 fully saturated rings. The summed E-state index contributed by atoms with van der Waals surface area (Å²) >= 11 is 0. The fourth-order valence-corrected chi connectivity index (χ4v) is 2.70. The van der Waals surface area contributed by atoms with E-state index in [2.05, 4.69) is 5.32 Å².